The van der Waals surface area contributed by atoms with E-state index in [1.54, 1.807) is 31.3 Å². The summed E-state index contributed by atoms with van der Waals surface area (Å²) in [5, 5.41) is 8.78. The second-order valence-electron chi connectivity index (χ2n) is 8.85. The van der Waals surface area contributed by atoms with Crippen molar-refractivity contribution in [2.45, 2.75) is 32.6 Å². The molecule has 174 valence electrons. The van der Waals surface area contributed by atoms with Gasteiger partial charge >= 0.3 is 0 Å². The summed E-state index contributed by atoms with van der Waals surface area (Å²) in [5.74, 6) is 3.67. The fourth-order valence-electron chi connectivity index (χ4n) is 4.85. The molecule has 0 bridgehead atoms. The number of ether oxygens (including phenoxy) is 1. The van der Waals surface area contributed by atoms with Gasteiger partial charge in [-0.05, 0) is 61.6 Å². The molecule has 2 fully saturated rings. The lowest BCUT2D eigenvalue weighted by atomic mass is 9.90. The number of hydrogen-bond donors (Lipinski definition) is 0. The Hall–Kier alpha value is -2.38. The van der Waals surface area contributed by atoms with Crippen LogP contribution in [0.25, 0.3) is 11.5 Å². The SMILES string of the molecule is Cc1nnc(-c2ccc(OCC[C@H]3C[C@H]3C3CCN(c4ncc(Cl)cc4Cl)CC3)cc2F)o1. The standard InChI is InChI=1S/C24H25Cl2FN4O2/c1-14-29-30-24(33-14)19-3-2-18(12-22(19)27)32-9-6-16-10-20(16)15-4-7-31(8-5-15)23-21(26)11-17(25)13-28-23/h2-3,11-13,15-16,20H,4-10H2,1H3/t16-,20-/m0/s1. The molecule has 33 heavy (non-hydrogen) atoms. The third kappa shape index (κ3) is 5.09. The number of hydrogen-bond acceptors (Lipinski definition) is 6. The van der Waals surface area contributed by atoms with Crippen molar-refractivity contribution in [2.75, 3.05) is 24.6 Å². The minimum absolute atomic E-state index is 0.178. The summed E-state index contributed by atoms with van der Waals surface area (Å²) in [6, 6.07) is 6.49. The number of nitrogens with zero attached hydrogens (tertiary/aromatic N) is 4. The van der Waals surface area contributed by atoms with Crippen molar-refractivity contribution in [3.05, 3.63) is 52.2 Å². The number of halogens is 3. The summed E-state index contributed by atoms with van der Waals surface area (Å²) >= 11 is 12.3. The van der Waals surface area contributed by atoms with E-state index in [1.165, 1.54) is 12.5 Å². The average molecular weight is 491 g/mol. The monoisotopic (exact) mass is 490 g/mol. The van der Waals surface area contributed by atoms with Crippen molar-refractivity contribution in [1.82, 2.24) is 15.2 Å². The average Bonchev–Trinajstić information content (AvgIpc) is 3.44. The molecule has 1 saturated carbocycles. The number of pyridine rings is 1. The number of aromatic nitrogens is 3. The van der Waals surface area contributed by atoms with E-state index in [0.717, 1.165) is 50.0 Å². The highest BCUT2D eigenvalue weighted by Crippen LogP contribution is 2.50. The zero-order chi connectivity index (χ0) is 22.9. The fourth-order valence-corrected chi connectivity index (χ4v) is 5.35. The van der Waals surface area contributed by atoms with Crippen LogP contribution in [0.15, 0.2) is 34.9 Å². The van der Waals surface area contributed by atoms with Crippen LogP contribution in [0.3, 0.4) is 0 Å². The highest BCUT2D eigenvalue weighted by molar-refractivity contribution is 6.36. The summed E-state index contributed by atoms with van der Waals surface area (Å²) in [6.07, 6.45) is 6.17. The summed E-state index contributed by atoms with van der Waals surface area (Å²) in [6.45, 7) is 4.18. The van der Waals surface area contributed by atoms with Gasteiger partial charge in [0.15, 0.2) is 0 Å². The van der Waals surface area contributed by atoms with Gasteiger partial charge in [0.25, 0.3) is 5.89 Å². The van der Waals surface area contributed by atoms with E-state index in [4.69, 9.17) is 32.4 Å². The van der Waals surface area contributed by atoms with Gasteiger partial charge in [0, 0.05) is 32.3 Å². The lowest BCUT2D eigenvalue weighted by Gasteiger charge is -2.33. The van der Waals surface area contributed by atoms with E-state index in [2.05, 4.69) is 20.1 Å². The van der Waals surface area contributed by atoms with Gasteiger partial charge in [0.1, 0.15) is 17.4 Å². The largest absolute Gasteiger partial charge is 0.493 e. The fraction of sp³-hybridized carbons (Fsp3) is 0.458. The normalized spacial score (nSPS) is 20.8. The Kier molecular flexibility index (Phi) is 6.43. The van der Waals surface area contributed by atoms with Crippen LogP contribution in [0.4, 0.5) is 10.2 Å². The van der Waals surface area contributed by atoms with Crippen LogP contribution >= 0.6 is 23.2 Å². The number of rotatable bonds is 7. The van der Waals surface area contributed by atoms with Gasteiger partial charge in [-0.15, -0.1) is 10.2 Å². The van der Waals surface area contributed by atoms with Crippen molar-refractivity contribution in [3.8, 4) is 17.2 Å². The smallest absolute Gasteiger partial charge is 0.250 e. The molecule has 0 radical (unpaired) electrons. The van der Waals surface area contributed by atoms with Crippen LogP contribution < -0.4 is 9.64 Å². The minimum atomic E-state index is -0.428. The zero-order valence-electron chi connectivity index (χ0n) is 18.3. The zero-order valence-corrected chi connectivity index (χ0v) is 19.8. The third-order valence-corrected chi connectivity index (χ3v) is 7.15. The van der Waals surface area contributed by atoms with E-state index in [0.29, 0.717) is 34.2 Å². The molecule has 0 N–H and O–H groups in total. The van der Waals surface area contributed by atoms with E-state index >= 15 is 0 Å². The van der Waals surface area contributed by atoms with Gasteiger partial charge in [-0.2, -0.15) is 0 Å². The maximum Gasteiger partial charge on any atom is 0.250 e. The second-order valence-corrected chi connectivity index (χ2v) is 9.69. The maximum atomic E-state index is 14.4. The van der Waals surface area contributed by atoms with Crippen molar-refractivity contribution in [3.63, 3.8) is 0 Å². The first-order chi connectivity index (χ1) is 16.0. The Morgan fingerprint density at radius 1 is 1.18 bits per heavy atom. The van der Waals surface area contributed by atoms with Crippen LogP contribution in [-0.4, -0.2) is 34.9 Å². The molecule has 0 spiro atoms. The quantitative estimate of drug-likeness (QED) is 0.392. The van der Waals surface area contributed by atoms with Crippen molar-refractivity contribution >= 4 is 29.0 Å². The van der Waals surface area contributed by atoms with Crippen LogP contribution in [0, 0.1) is 30.5 Å². The number of benzene rings is 1. The molecule has 1 aliphatic heterocycles. The molecule has 6 nitrogen and oxygen atoms in total. The Bertz CT molecular complexity index is 1130. The first-order valence-electron chi connectivity index (χ1n) is 11.3. The molecular weight excluding hydrogens is 466 g/mol. The highest BCUT2D eigenvalue weighted by Gasteiger charge is 2.43. The van der Waals surface area contributed by atoms with E-state index in [9.17, 15) is 4.39 Å². The Labute approximate surface area is 202 Å². The van der Waals surface area contributed by atoms with Crippen LogP contribution in [0.2, 0.25) is 10.0 Å². The molecule has 3 aromatic rings. The second kappa shape index (κ2) is 9.47. The maximum absolute atomic E-state index is 14.4. The molecule has 9 heteroatoms. The predicted molar refractivity (Wildman–Crippen MR) is 125 cm³/mol. The molecule has 2 aliphatic rings. The van der Waals surface area contributed by atoms with Gasteiger partial charge in [0.2, 0.25) is 5.89 Å². The van der Waals surface area contributed by atoms with Crippen LogP contribution in [0.1, 0.15) is 31.6 Å². The van der Waals surface area contributed by atoms with E-state index in [-0.39, 0.29) is 11.5 Å². The van der Waals surface area contributed by atoms with Gasteiger partial charge in [-0.1, -0.05) is 23.2 Å². The molecule has 1 aliphatic carbocycles. The van der Waals surface area contributed by atoms with Gasteiger partial charge < -0.3 is 14.1 Å². The van der Waals surface area contributed by atoms with Crippen molar-refractivity contribution in [2.24, 2.45) is 17.8 Å². The van der Waals surface area contributed by atoms with Crippen LogP contribution in [-0.2, 0) is 0 Å². The number of anilines is 1. The predicted octanol–water partition coefficient (Wildman–Crippen LogP) is 6.21. The molecule has 5 rings (SSSR count). The summed E-state index contributed by atoms with van der Waals surface area (Å²) < 4.78 is 25.5. The summed E-state index contributed by atoms with van der Waals surface area (Å²) in [7, 11) is 0. The summed E-state index contributed by atoms with van der Waals surface area (Å²) in [4.78, 5) is 6.66. The molecule has 1 aromatic carbocycles. The molecule has 1 saturated heterocycles. The molecule has 0 unspecified atom stereocenters. The molecule has 3 heterocycles. The number of piperidine rings is 1. The summed E-state index contributed by atoms with van der Waals surface area (Å²) in [5.41, 5.74) is 0.284. The molecule has 2 atom stereocenters. The van der Waals surface area contributed by atoms with Gasteiger partial charge in [0.05, 0.1) is 22.2 Å². The van der Waals surface area contributed by atoms with Crippen LogP contribution in [0.5, 0.6) is 5.75 Å². The lowest BCUT2D eigenvalue weighted by molar-refractivity contribution is 0.283. The Morgan fingerprint density at radius 2 is 2.00 bits per heavy atom. The topological polar surface area (TPSA) is 64.3 Å². The van der Waals surface area contributed by atoms with Gasteiger partial charge in [-0.3, -0.25) is 0 Å². The van der Waals surface area contributed by atoms with Crippen molar-refractivity contribution in [1.29, 1.82) is 0 Å². The molecular formula is C24H25Cl2FN4O2. The number of aryl methyl sites for hydroxylation is 1. The van der Waals surface area contributed by atoms with Gasteiger partial charge in [-0.25, -0.2) is 9.37 Å². The highest BCUT2D eigenvalue weighted by atomic mass is 35.5. The Balaban J connectivity index is 1.07. The third-order valence-electron chi connectivity index (χ3n) is 6.66. The first kappa shape index (κ1) is 22.4. The minimum Gasteiger partial charge on any atom is -0.493 e. The molecule has 2 aromatic heterocycles. The Morgan fingerprint density at radius 3 is 2.70 bits per heavy atom. The lowest BCUT2D eigenvalue weighted by Crippen LogP contribution is -2.35. The van der Waals surface area contributed by atoms with E-state index in [1.807, 2.05) is 0 Å². The first-order valence-corrected chi connectivity index (χ1v) is 12.0. The van der Waals surface area contributed by atoms with E-state index < -0.39 is 5.82 Å². The molecule has 0 amide bonds. The van der Waals surface area contributed by atoms with Crippen molar-refractivity contribution < 1.29 is 13.5 Å².